The van der Waals surface area contributed by atoms with Gasteiger partial charge in [0.2, 0.25) is 0 Å². The first-order valence-corrected chi connectivity index (χ1v) is 5.53. The molecule has 1 aromatic rings. The zero-order chi connectivity index (χ0) is 10.9. The highest BCUT2D eigenvalue weighted by Gasteiger charge is 2.18. The van der Waals surface area contributed by atoms with Crippen LogP contribution in [0.4, 0.5) is 0 Å². The van der Waals surface area contributed by atoms with Crippen LogP contribution in [-0.2, 0) is 11.8 Å². The summed E-state index contributed by atoms with van der Waals surface area (Å²) in [7, 11) is 0. The minimum atomic E-state index is 0.134. The van der Waals surface area contributed by atoms with Crippen molar-refractivity contribution in [2.45, 2.75) is 46.5 Å². The second-order valence-electron chi connectivity index (χ2n) is 4.86. The van der Waals surface area contributed by atoms with Crippen molar-refractivity contribution in [3.8, 4) is 0 Å². The zero-order valence-electron chi connectivity index (χ0n) is 9.74. The molecule has 78 valence electrons. The molecule has 0 saturated carbocycles. The summed E-state index contributed by atoms with van der Waals surface area (Å²) < 4.78 is 0. The number of benzene rings is 1. The van der Waals surface area contributed by atoms with Gasteiger partial charge in [0.25, 0.3) is 0 Å². The monoisotopic (exact) mass is 210 g/mol. The maximum atomic E-state index is 6.24. The van der Waals surface area contributed by atoms with E-state index in [-0.39, 0.29) is 5.41 Å². The molecule has 1 heteroatoms. The van der Waals surface area contributed by atoms with E-state index in [0.717, 1.165) is 11.4 Å². The van der Waals surface area contributed by atoms with E-state index in [4.69, 9.17) is 11.6 Å². The third-order valence-corrected chi connectivity index (χ3v) is 2.93. The van der Waals surface area contributed by atoms with Crippen LogP contribution in [0.2, 0.25) is 5.02 Å². The van der Waals surface area contributed by atoms with Crippen molar-refractivity contribution in [3.63, 3.8) is 0 Å². The smallest absolute Gasteiger partial charge is 0.0446 e. The standard InChI is InChI=1S/C13H19Cl/c1-6-10-8-11(13(3,4)5)12(14)7-9(10)2/h7-8H,6H2,1-5H3. The first-order valence-electron chi connectivity index (χ1n) is 5.15. The lowest BCUT2D eigenvalue weighted by Crippen LogP contribution is -2.12. The molecule has 0 aliphatic carbocycles. The predicted octanol–water partition coefficient (Wildman–Crippen LogP) is 4.51. The molecular weight excluding hydrogens is 192 g/mol. The maximum absolute atomic E-state index is 6.24. The van der Waals surface area contributed by atoms with Crippen molar-refractivity contribution >= 4 is 11.6 Å². The summed E-state index contributed by atoms with van der Waals surface area (Å²) in [5, 5.41) is 0.896. The van der Waals surface area contributed by atoms with E-state index in [9.17, 15) is 0 Å². The van der Waals surface area contributed by atoms with Gasteiger partial charge in [-0.2, -0.15) is 0 Å². The van der Waals surface area contributed by atoms with E-state index in [1.807, 2.05) is 0 Å². The maximum Gasteiger partial charge on any atom is 0.0446 e. The summed E-state index contributed by atoms with van der Waals surface area (Å²) in [5.74, 6) is 0. The van der Waals surface area contributed by atoms with E-state index in [2.05, 4.69) is 46.8 Å². The lowest BCUT2D eigenvalue weighted by molar-refractivity contribution is 0.589. The van der Waals surface area contributed by atoms with Gasteiger partial charge < -0.3 is 0 Å². The molecule has 0 unspecified atom stereocenters. The topological polar surface area (TPSA) is 0 Å². The lowest BCUT2D eigenvalue weighted by atomic mass is 9.85. The highest BCUT2D eigenvalue weighted by Crippen LogP contribution is 2.31. The molecule has 0 heterocycles. The molecule has 0 saturated heterocycles. The fraction of sp³-hybridized carbons (Fsp3) is 0.538. The fourth-order valence-electron chi connectivity index (χ4n) is 1.67. The largest absolute Gasteiger partial charge is 0.0840 e. The Labute approximate surface area is 92.3 Å². The van der Waals surface area contributed by atoms with Gasteiger partial charge in [-0.1, -0.05) is 45.4 Å². The average Bonchev–Trinajstić information content (AvgIpc) is 2.02. The molecule has 0 N–H and O–H groups in total. The summed E-state index contributed by atoms with van der Waals surface area (Å²) in [5.41, 5.74) is 4.08. The van der Waals surface area contributed by atoms with Crippen molar-refractivity contribution in [2.75, 3.05) is 0 Å². The molecule has 0 atom stereocenters. The Hall–Kier alpha value is -0.490. The van der Waals surface area contributed by atoms with Crippen LogP contribution in [0.15, 0.2) is 12.1 Å². The van der Waals surface area contributed by atoms with Crippen molar-refractivity contribution in [1.82, 2.24) is 0 Å². The molecule has 0 amide bonds. The minimum absolute atomic E-state index is 0.134. The highest BCUT2D eigenvalue weighted by atomic mass is 35.5. The molecule has 1 rings (SSSR count). The van der Waals surface area contributed by atoms with Crippen LogP contribution in [-0.4, -0.2) is 0 Å². The molecule has 0 spiro atoms. The van der Waals surface area contributed by atoms with Crippen LogP contribution in [0.25, 0.3) is 0 Å². The normalized spacial score (nSPS) is 11.9. The van der Waals surface area contributed by atoms with Crippen molar-refractivity contribution in [3.05, 3.63) is 33.8 Å². The summed E-state index contributed by atoms with van der Waals surface area (Å²) in [6.07, 6.45) is 1.08. The molecule has 0 aromatic heterocycles. The first-order chi connectivity index (χ1) is 6.36. The van der Waals surface area contributed by atoms with Crippen LogP contribution in [0.1, 0.15) is 44.4 Å². The molecule has 1 aromatic carbocycles. The van der Waals surface area contributed by atoms with Crippen molar-refractivity contribution in [2.24, 2.45) is 0 Å². The van der Waals surface area contributed by atoms with Gasteiger partial charge in [0.15, 0.2) is 0 Å². The summed E-state index contributed by atoms with van der Waals surface area (Å²) >= 11 is 6.24. The van der Waals surface area contributed by atoms with Crippen LogP contribution in [0, 0.1) is 6.92 Å². The van der Waals surface area contributed by atoms with Gasteiger partial charge in [0.05, 0.1) is 0 Å². The van der Waals surface area contributed by atoms with Gasteiger partial charge in [-0.25, -0.2) is 0 Å². The van der Waals surface area contributed by atoms with Gasteiger partial charge in [-0.05, 0) is 41.5 Å². The first kappa shape index (κ1) is 11.6. The van der Waals surface area contributed by atoms with E-state index in [1.165, 1.54) is 16.7 Å². The highest BCUT2D eigenvalue weighted by molar-refractivity contribution is 6.31. The molecule has 14 heavy (non-hydrogen) atoms. The third kappa shape index (κ3) is 2.30. The van der Waals surface area contributed by atoms with Crippen molar-refractivity contribution < 1.29 is 0 Å². The van der Waals surface area contributed by atoms with Crippen LogP contribution < -0.4 is 0 Å². The van der Waals surface area contributed by atoms with Gasteiger partial charge in [-0.15, -0.1) is 0 Å². The Bertz CT molecular complexity index is 332. The quantitative estimate of drug-likeness (QED) is 0.640. The second kappa shape index (κ2) is 3.94. The van der Waals surface area contributed by atoms with Gasteiger partial charge >= 0.3 is 0 Å². The molecule has 0 bridgehead atoms. The van der Waals surface area contributed by atoms with Gasteiger partial charge in [0, 0.05) is 5.02 Å². The van der Waals surface area contributed by atoms with E-state index >= 15 is 0 Å². The summed E-state index contributed by atoms with van der Waals surface area (Å²) in [4.78, 5) is 0. The van der Waals surface area contributed by atoms with Crippen LogP contribution >= 0.6 is 11.6 Å². The fourth-order valence-corrected chi connectivity index (χ4v) is 2.17. The molecule has 0 aliphatic heterocycles. The number of aryl methyl sites for hydroxylation is 2. The Kier molecular flexibility index (Phi) is 3.26. The summed E-state index contributed by atoms with van der Waals surface area (Å²) in [6, 6.07) is 4.33. The molecular formula is C13H19Cl. The predicted molar refractivity (Wildman–Crippen MR) is 64.3 cm³/mol. The number of hydrogen-bond acceptors (Lipinski definition) is 0. The Balaban J connectivity index is 3.32. The average molecular weight is 211 g/mol. The van der Waals surface area contributed by atoms with E-state index in [1.54, 1.807) is 0 Å². The minimum Gasteiger partial charge on any atom is -0.0840 e. The van der Waals surface area contributed by atoms with Gasteiger partial charge in [-0.3, -0.25) is 0 Å². The third-order valence-electron chi connectivity index (χ3n) is 2.61. The molecule has 0 fully saturated rings. The SMILES string of the molecule is CCc1cc(C(C)(C)C)c(Cl)cc1C. The zero-order valence-corrected chi connectivity index (χ0v) is 10.5. The Morgan fingerprint density at radius 3 is 2.21 bits per heavy atom. The number of hydrogen-bond donors (Lipinski definition) is 0. The second-order valence-corrected chi connectivity index (χ2v) is 5.27. The molecule has 0 nitrogen and oxygen atoms in total. The van der Waals surface area contributed by atoms with Crippen molar-refractivity contribution in [1.29, 1.82) is 0 Å². The molecule has 0 radical (unpaired) electrons. The Morgan fingerprint density at radius 2 is 1.79 bits per heavy atom. The lowest BCUT2D eigenvalue weighted by Gasteiger charge is -2.22. The van der Waals surface area contributed by atoms with Crippen LogP contribution in [0.5, 0.6) is 0 Å². The van der Waals surface area contributed by atoms with Gasteiger partial charge in [0.1, 0.15) is 0 Å². The van der Waals surface area contributed by atoms with E-state index < -0.39 is 0 Å². The number of rotatable bonds is 1. The Morgan fingerprint density at radius 1 is 1.21 bits per heavy atom. The van der Waals surface area contributed by atoms with Crippen LogP contribution in [0.3, 0.4) is 0 Å². The number of halogens is 1. The molecule has 0 aliphatic rings. The van der Waals surface area contributed by atoms with E-state index in [0.29, 0.717) is 0 Å². The summed E-state index contributed by atoms with van der Waals surface area (Å²) in [6.45, 7) is 10.9.